The van der Waals surface area contributed by atoms with E-state index in [1.54, 1.807) is 0 Å². The maximum atomic E-state index is 11.0. The van der Waals surface area contributed by atoms with Gasteiger partial charge in [-0.1, -0.05) is 0 Å². The third-order valence-electron chi connectivity index (χ3n) is 4.07. The lowest BCUT2D eigenvalue weighted by atomic mass is 9.79. The highest BCUT2D eigenvalue weighted by Gasteiger charge is 2.51. The SMILES string of the molecule is CC(=O)NCc1cc(B2OC(C)(C)C(C)(C)O2)cc(C)n1. The number of aromatic nitrogens is 1. The molecule has 1 aromatic rings. The first-order chi connectivity index (χ1) is 9.60. The lowest BCUT2D eigenvalue weighted by Gasteiger charge is -2.32. The molecule has 1 amide bonds. The van der Waals surface area contributed by atoms with Gasteiger partial charge in [-0.2, -0.15) is 0 Å². The number of amides is 1. The van der Waals surface area contributed by atoms with Crippen LogP contribution in [0.25, 0.3) is 0 Å². The minimum absolute atomic E-state index is 0.0736. The fourth-order valence-electron chi connectivity index (χ4n) is 2.19. The van der Waals surface area contributed by atoms with Crippen LogP contribution >= 0.6 is 0 Å². The number of nitrogens with zero attached hydrogens (tertiary/aromatic N) is 1. The highest BCUT2D eigenvalue weighted by Crippen LogP contribution is 2.36. The van der Waals surface area contributed by atoms with Crippen molar-refractivity contribution >= 4 is 18.5 Å². The fourth-order valence-corrected chi connectivity index (χ4v) is 2.19. The van der Waals surface area contributed by atoms with E-state index in [2.05, 4.69) is 10.3 Å². The highest BCUT2D eigenvalue weighted by atomic mass is 16.7. The number of hydrogen-bond acceptors (Lipinski definition) is 4. The maximum absolute atomic E-state index is 11.0. The fraction of sp³-hybridized carbons (Fsp3) is 0.600. The van der Waals surface area contributed by atoms with Gasteiger partial charge in [-0.3, -0.25) is 9.78 Å². The van der Waals surface area contributed by atoms with Crippen LogP contribution in [0.5, 0.6) is 0 Å². The second-order valence-corrected chi connectivity index (χ2v) is 6.53. The molecular formula is C15H23BN2O3. The summed E-state index contributed by atoms with van der Waals surface area (Å²) < 4.78 is 12.1. The van der Waals surface area contributed by atoms with E-state index in [9.17, 15) is 4.79 Å². The molecule has 1 saturated heterocycles. The van der Waals surface area contributed by atoms with Crippen molar-refractivity contribution in [2.24, 2.45) is 0 Å². The molecule has 5 nitrogen and oxygen atoms in total. The Morgan fingerprint density at radius 1 is 1.24 bits per heavy atom. The van der Waals surface area contributed by atoms with Crippen molar-refractivity contribution in [3.63, 3.8) is 0 Å². The normalized spacial score (nSPS) is 19.6. The summed E-state index contributed by atoms with van der Waals surface area (Å²) in [6.45, 7) is 11.9. The summed E-state index contributed by atoms with van der Waals surface area (Å²) in [7, 11) is -0.409. The Bertz CT molecular complexity index is 542. The molecule has 2 heterocycles. The van der Waals surface area contributed by atoms with Crippen molar-refractivity contribution in [2.45, 2.75) is 59.3 Å². The predicted octanol–water partition coefficient (Wildman–Crippen LogP) is 1.33. The number of nitrogens with one attached hydrogen (secondary N) is 1. The van der Waals surface area contributed by atoms with Crippen molar-refractivity contribution in [1.29, 1.82) is 0 Å². The Balaban J connectivity index is 2.23. The zero-order chi connectivity index (χ0) is 15.8. The van der Waals surface area contributed by atoms with Crippen LogP contribution in [0.2, 0.25) is 0 Å². The van der Waals surface area contributed by atoms with Gasteiger partial charge in [-0.05, 0) is 52.2 Å². The third-order valence-corrected chi connectivity index (χ3v) is 4.07. The molecule has 0 saturated carbocycles. The van der Waals surface area contributed by atoms with Crippen LogP contribution in [0.15, 0.2) is 12.1 Å². The number of pyridine rings is 1. The summed E-state index contributed by atoms with van der Waals surface area (Å²) >= 11 is 0. The molecule has 0 atom stereocenters. The summed E-state index contributed by atoms with van der Waals surface area (Å²) in [5, 5.41) is 2.76. The molecule has 0 aliphatic carbocycles. The molecule has 1 aliphatic heterocycles. The molecule has 1 aromatic heterocycles. The van der Waals surface area contributed by atoms with Crippen molar-refractivity contribution < 1.29 is 14.1 Å². The Morgan fingerprint density at radius 2 is 1.81 bits per heavy atom. The van der Waals surface area contributed by atoms with Crippen LogP contribution in [-0.2, 0) is 20.6 Å². The average molecular weight is 290 g/mol. The Labute approximate surface area is 126 Å². The molecule has 6 heteroatoms. The monoisotopic (exact) mass is 290 g/mol. The topological polar surface area (TPSA) is 60.5 Å². The lowest BCUT2D eigenvalue weighted by Crippen LogP contribution is -2.41. The highest BCUT2D eigenvalue weighted by molar-refractivity contribution is 6.62. The molecule has 1 N–H and O–H groups in total. The van der Waals surface area contributed by atoms with Gasteiger partial charge in [-0.25, -0.2) is 0 Å². The molecule has 0 aromatic carbocycles. The standard InChI is InChI=1S/C15H23BN2O3/c1-10-7-12(8-13(18-10)9-17-11(2)19)16-20-14(3,4)15(5,6)21-16/h7-8H,9H2,1-6H3,(H,17,19). The van der Waals surface area contributed by atoms with Gasteiger partial charge >= 0.3 is 7.12 Å². The van der Waals surface area contributed by atoms with E-state index < -0.39 is 7.12 Å². The van der Waals surface area contributed by atoms with E-state index in [-0.39, 0.29) is 17.1 Å². The molecular weight excluding hydrogens is 267 g/mol. The molecule has 0 spiro atoms. The summed E-state index contributed by atoms with van der Waals surface area (Å²) in [6, 6.07) is 3.88. The van der Waals surface area contributed by atoms with Gasteiger partial charge in [0.15, 0.2) is 0 Å². The molecule has 0 unspecified atom stereocenters. The number of aryl methyl sites for hydroxylation is 1. The first-order valence-corrected chi connectivity index (χ1v) is 7.18. The second kappa shape index (κ2) is 5.42. The average Bonchev–Trinajstić information content (AvgIpc) is 2.55. The van der Waals surface area contributed by atoms with Gasteiger partial charge in [0.2, 0.25) is 5.91 Å². The van der Waals surface area contributed by atoms with Crippen LogP contribution in [0.1, 0.15) is 46.0 Å². The molecule has 1 aliphatic rings. The first kappa shape index (κ1) is 16.0. The van der Waals surface area contributed by atoms with Crippen LogP contribution in [0.4, 0.5) is 0 Å². The zero-order valence-corrected chi connectivity index (χ0v) is 13.6. The molecule has 2 rings (SSSR count). The zero-order valence-electron chi connectivity index (χ0n) is 13.6. The Hall–Kier alpha value is -1.40. The molecule has 114 valence electrons. The summed E-state index contributed by atoms with van der Waals surface area (Å²) in [5.41, 5.74) is 1.87. The molecule has 0 radical (unpaired) electrons. The van der Waals surface area contributed by atoms with Crippen molar-refractivity contribution in [1.82, 2.24) is 10.3 Å². The van der Waals surface area contributed by atoms with E-state index in [4.69, 9.17) is 9.31 Å². The van der Waals surface area contributed by atoms with Gasteiger partial charge in [0.25, 0.3) is 0 Å². The van der Waals surface area contributed by atoms with Crippen molar-refractivity contribution in [3.05, 3.63) is 23.5 Å². The lowest BCUT2D eigenvalue weighted by molar-refractivity contribution is -0.119. The second-order valence-electron chi connectivity index (χ2n) is 6.53. The number of rotatable bonds is 3. The summed E-state index contributed by atoms with van der Waals surface area (Å²) in [5.74, 6) is -0.0736. The first-order valence-electron chi connectivity index (χ1n) is 7.18. The quantitative estimate of drug-likeness (QED) is 0.853. The van der Waals surface area contributed by atoms with Crippen LogP contribution in [-0.4, -0.2) is 29.2 Å². The van der Waals surface area contributed by atoms with Crippen LogP contribution in [0, 0.1) is 6.92 Å². The number of carbonyl (C=O) groups is 1. The maximum Gasteiger partial charge on any atom is 0.494 e. The minimum atomic E-state index is -0.409. The van der Waals surface area contributed by atoms with E-state index in [1.165, 1.54) is 6.92 Å². The van der Waals surface area contributed by atoms with Gasteiger partial charge < -0.3 is 14.6 Å². The van der Waals surface area contributed by atoms with Gasteiger partial charge in [0.1, 0.15) is 0 Å². The Kier molecular flexibility index (Phi) is 4.13. The van der Waals surface area contributed by atoms with Crippen molar-refractivity contribution in [3.8, 4) is 0 Å². The van der Waals surface area contributed by atoms with E-state index in [1.807, 2.05) is 46.8 Å². The molecule has 21 heavy (non-hydrogen) atoms. The Morgan fingerprint density at radius 3 is 2.33 bits per heavy atom. The molecule has 0 bridgehead atoms. The van der Waals surface area contributed by atoms with Gasteiger partial charge in [0, 0.05) is 12.6 Å². The van der Waals surface area contributed by atoms with Crippen LogP contribution in [0.3, 0.4) is 0 Å². The number of hydrogen-bond donors (Lipinski definition) is 1. The smallest absolute Gasteiger partial charge is 0.399 e. The summed E-state index contributed by atoms with van der Waals surface area (Å²) in [4.78, 5) is 15.4. The predicted molar refractivity (Wildman–Crippen MR) is 82.2 cm³/mol. The largest absolute Gasteiger partial charge is 0.494 e. The van der Waals surface area contributed by atoms with Crippen molar-refractivity contribution in [2.75, 3.05) is 0 Å². The minimum Gasteiger partial charge on any atom is -0.399 e. The van der Waals surface area contributed by atoms with Gasteiger partial charge in [0.05, 0.1) is 23.4 Å². The third kappa shape index (κ3) is 3.44. The van der Waals surface area contributed by atoms with E-state index >= 15 is 0 Å². The molecule has 1 fully saturated rings. The van der Waals surface area contributed by atoms with Crippen LogP contribution < -0.4 is 10.8 Å². The summed E-state index contributed by atoms with van der Waals surface area (Å²) in [6.07, 6.45) is 0. The van der Waals surface area contributed by atoms with E-state index in [0.717, 1.165) is 16.9 Å². The number of carbonyl (C=O) groups excluding carboxylic acids is 1. The van der Waals surface area contributed by atoms with Gasteiger partial charge in [-0.15, -0.1) is 0 Å². The van der Waals surface area contributed by atoms with E-state index in [0.29, 0.717) is 6.54 Å².